The first-order valence-electron chi connectivity index (χ1n) is 3.84. The number of carbonyl (C=O) groups is 1. The van der Waals surface area contributed by atoms with Gasteiger partial charge in [-0.2, -0.15) is 0 Å². The van der Waals surface area contributed by atoms with E-state index in [2.05, 4.69) is 4.98 Å². The highest BCUT2D eigenvalue weighted by atomic mass is 16.5. The summed E-state index contributed by atoms with van der Waals surface area (Å²) in [5.41, 5.74) is 1.38. The van der Waals surface area contributed by atoms with Crippen molar-refractivity contribution in [1.82, 2.24) is 4.98 Å². The Kier molecular flexibility index (Phi) is 2.85. The fraction of sp³-hybridized carbons (Fsp3) is 0.250. The predicted molar refractivity (Wildman–Crippen MR) is 48.4 cm³/mol. The van der Waals surface area contributed by atoms with E-state index in [0.29, 0.717) is 12.3 Å². The summed E-state index contributed by atoms with van der Waals surface area (Å²) in [5, 5.41) is 0. The average molecular weight is 163 g/mol. The number of ether oxygens (including phenoxy) is 1. The van der Waals surface area contributed by atoms with E-state index in [4.69, 9.17) is 4.74 Å². The lowest BCUT2D eigenvalue weighted by atomic mass is 9.97. The Morgan fingerprint density at radius 2 is 2.50 bits per heavy atom. The molecule has 0 aliphatic rings. The van der Waals surface area contributed by atoms with Crippen LogP contribution in [-0.4, -0.2) is 25.4 Å². The van der Waals surface area contributed by atoms with Gasteiger partial charge in [-0.25, -0.2) is 9.78 Å². The molecule has 12 heavy (non-hydrogen) atoms. The minimum Gasteiger partial charge on any atom is -0.461 e. The molecule has 62 valence electrons. The molecule has 1 aromatic heterocycles. The molecule has 1 rings (SSSR count). The normalized spacial score (nSPS) is 9.42. The zero-order valence-electron chi connectivity index (χ0n) is 7.20. The number of nitrogens with zero attached hydrogens (tertiary/aromatic N) is 1. The lowest BCUT2D eigenvalue weighted by molar-refractivity contribution is 0.0519. The van der Waals surface area contributed by atoms with Crippen LogP contribution in [0.2, 0.25) is 0 Å². The summed E-state index contributed by atoms with van der Waals surface area (Å²) in [4.78, 5) is 15.0. The van der Waals surface area contributed by atoms with Gasteiger partial charge in [-0.15, -0.1) is 0 Å². The van der Waals surface area contributed by atoms with Crippen LogP contribution in [0.1, 0.15) is 17.4 Å². The summed E-state index contributed by atoms with van der Waals surface area (Å²) in [7, 11) is 1.91. The third kappa shape index (κ3) is 2.08. The minimum atomic E-state index is -0.360. The molecule has 0 atom stereocenters. The van der Waals surface area contributed by atoms with E-state index in [1.165, 1.54) is 0 Å². The fourth-order valence-corrected chi connectivity index (χ4v) is 0.853. The molecular formula is C8H10BNO2. The molecule has 0 unspecified atom stereocenters. The SMILES string of the molecule is Bc1ccnc(C(=O)OCC)c1. The third-order valence-electron chi connectivity index (χ3n) is 1.40. The van der Waals surface area contributed by atoms with E-state index in [9.17, 15) is 4.79 Å². The van der Waals surface area contributed by atoms with Crippen LogP contribution in [0.5, 0.6) is 0 Å². The van der Waals surface area contributed by atoms with Crippen LogP contribution in [0, 0.1) is 0 Å². The molecule has 0 N–H and O–H groups in total. The number of hydrogen-bond acceptors (Lipinski definition) is 3. The first-order valence-corrected chi connectivity index (χ1v) is 3.84. The van der Waals surface area contributed by atoms with Crippen LogP contribution in [-0.2, 0) is 4.74 Å². The Bertz CT molecular complexity index is 288. The maximum Gasteiger partial charge on any atom is 0.356 e. The molecule has 0 bridgehead atoms. The van der Waals surface area contributed by atoms with Crippen molar-refractivity contribution in [3.63, 3.8) is 0 Å². The van der Waals surface area contributed by atoms with E-state index < -0.39 is 0 Å². The third-order valence-corrected chi connectivity index (χ3v) is 1.40. The molecule has 4 heteroatoms. The minimum absolute atomic E-state index is 0.360. The van der Waals surface area contributed by atoms with E-state index in [1.54, 1.807) is 19.2 Å². The second kappa shape index (κ2) is 3.90. The summed E-state index contributed by atoms with van der Waals surface area (Å²) >= 11 is 0. The van der Waals surface area contributed by atoms with Crippen molar-refractivity contribution in [1.29, 1.82) is 0 Å². The van der Waals surface area contributed by atoms with Gasteiger partial charge in [-0.3, -0.25) is 0 Å². The highest BCUT2D eigenvalue weighted by Gasteiger charge is 2.06. The van der Waals surface area contributed by atoms with Gasteiger partial charge in [0.1, 0.15) is 13.5 Å². The molecule has 1 heterocycles. The van der Waals surface area contributed by atoms with Crippen molar-refractivity contribution in [2.24, 2.45) is 0 Å². The van der Waals surface area contributed by atoms with E-state index in [1.807, 2.05) is 13.9 Å². The number of pyridine rings is 1. The van der Waals surface area contributed by atoms with Gasteiger partial charge in [0.25, 0.3) is 0 Å². The Balaban J connectivity index is 2.81. The van der Waals surface area contributed by atoms with Crippen molar-refractivity contribution < 1.29 is 9.53 Å². The number of aromatic nitrogens is 1. The molecule has 0 aliphatic heterocycles. The van der Waals surface area contributed by atoms with Crippen molar-refractivity contribution in [2.45, 2.75) is 6.92 Å². The molecule has 1 aromatic rings. The fourth-order valence-electron chi connectivity index (χ4n) is 0.853. The van der Waals surface area contributed by atoms with Crippen molar-refractivity contribution >= 4 is 19.3 Å². The van der Waals surface area contributed by atoms with E-state index >= 15 is 0 Å². The number of carbonyl (C=O) groups excluding carboxylic acids is 1. The molecule has 0 amide bonds. The topological polar surface area (TPSA) is 39.2 Å². The van der Waals surface area contributed by atoms with Gasteiger partial charge in [0, 0.05) is 6.20 Å². The molecule has 0 aliphatic carbocycles. The summed E-state index contributed by atoms with van der Waals surface area (Å²) in [6, 6.07) is 3.54. The van der Waals surface area contributed by atoms with Gasteiger partial charge >= 0.3 is 5.97 Å². The summed E-state index contributed by atoms with van der Waals surface area (Å²) < 4.78 is 4.78. The van der Waals surface area contributed by atoms with Crippen LogP contribution in [0.4, 0.5) is 0 Å². The first-order chi connectivity index (χ1) is 5.74. The van der Waals surface area contributed by atoms with Gasteiger partial charge in [-0.1, -0.05) is 11.5 Å². The second-order valence-electron chi connectivity index (χ2n) is 2.44. The zero-order valence-corrected chi connectivity index (χ0v) is 7.20. The largest absolute Gasteiger partial charge is 0.461 e. The van der Waals surface area contributed by atoms with Crippen LogP contribution in [0.15, 0.2) is 18.3 Å². The number of rotatable bonds is 2. The van der Waals surface area contributed by atoms with Crippen LogP contribution in [0.3, 0.4) is 0 Å². The average Bonchev–Trinajstić information content (AvgIpc) is 2.05. The molecule has 3 nitrogen and oxygen atoms in total. The molecular weight excluding hydrogens is 153 g/mol. The van der Waals surface area contributed by atoms with Gasteiger partial charge in [0.15, 0.2) is 0 Å². The monoisotopic (exact) mass is 163 g/mol. The molecule has 0 aromatic carbocycles. The molecule has 0 saturated heterocycles. The molecule has 0 fully saturated rings. The Morgan fingerprint density at radius 3 is 3.08 bits per heavy atom. The summed E-state index contributed by atoms with van der Waals surface area (Å²) in [6.07, 6.45) is 1.60. The zero-order chi connectivity index (χ0) is 8.97. The van der Waals surface area contributed by atoms with Crippen LogP contribution < -0.4 is 5.46 Å². The van der Waals surface area contributed by atoms with E-state index in [0.717, 1.165) is 5.46 Å². The Labute approximate surface area is 72.2 Å². The number of hydrogen-bond donors (Lipinski definition) is 0. The smallest absolute Gasteiger partial charge is 0.356 e. The lowest BCUT2D eigenvalue weighted by Gasteiger charge is -2.00. The highest BCUT2D eigenvalue weighted by molar-refractivity contribution is 6.32. The second-order valence-corrected chi connectivity index (χ2v) is 2.44. The Hall–Kier alpha value is -1.32. The van der Waals surface area contributed by atoms with Crippen molar-refractivity contribution in [3.05, 3.63) is 24.0 Å². The van der Waals surface area contributed by atoms with Crippen molar-refractivity contribution in [3.8, 4) is 0 Å². The van der Waals surface area contributed by atoms with Crippen LogP contribution in [0.25, 0.3) is 0 Å². The quantitative estimate of drug-likeness (QED) is 0.436. The van der Waals surface area contributed by atoms with Crippen LogP contribution >= 0.6 is 0 Å². The van der Waals surface area contributed by atoms with Crippen molar-refractivity contribution in [2.75, 3.05) is 6.61 Å². The highest BCUT2D eigenvalue weighted by Crippen LogP contribution is 1.93. The summed E-state index contributed by atoms with van der Waals surface area (Å²) in [5.74, 6) is -0.360. The standard InChI is InChI=1S/C8H10BNO2/c1-2-12-8(11)7-5-6(9)3-4-10-7/h3-5H,2,9H2,1H3. The molecule has 0 radical (unpaired) electrons. The molecule has 0 spiro atoms. The summed E-state index contributed by atoms with van der Waals surface area (Å²) in [6.45, 7) is 2.15. The van der Waals surface area contributed by atoms with Gasteiger partial charge in [0.2, 0.25) is 0 Å². The van der Waals surface area contributed by atoms with E-state index in [-0.39, 0.29) is 5.97 Å². The maximum atomic E-state index is 11.1. The Morgan fingerprint density at radius 1 is 1.75 bits per heavy atom. The lowest BCUT2D eigenvalue weighted by Crippen LogP contribution is -2.11. The number of esters is 1. The van der Waals surface area contributed by atoms with Gasteiger partial charge < -0.3 is 4.74 Å². The maximum absolute atomic E-state index is 11.1. The predicted octanol–water partition coefficient (Wildman–Crippen LogP) is -0.483. The van der Waals surface area contributed by atoms with Gasteiger partial charge in [-0.05, 0) is 13.0 Å². The molecule has 0 saturated carbocycles. The van der Waals surface area contributed by atoms with Gasteiger partial charge in [0.05, 0.1) is 6.61 Å². The first kappa shape index (κ1) is 8.78.